The first kappa shape index (κ1) is 16.2. The lowest BCUT2D eigenvalue weighted by atomic mass is 10.2. The summed E-state index contributed by atoms with van der Waals surface area (Å²) in [4.78, 5) is 10.6. The van der Waals surface area contributed by atoms with Gasteiger partial charge in [-0.15, -0.1) is 0 Å². The van der Waals surface area contributed by atoms with Gasteiger partial charge in [0.1, 0.15) is 0 Å². The van der Waals surface area contributed by atoms with Crippen LogP contribution in [-0.2, 0) is 9.84 Å². The van der Waals surface area contributed by atoms with E-state index in [0.717, 1.165) is 12.1 Å². The number of halogens is 2. The maximum atomic E-state index is 12.0. The Kier molecular flexibility index (Phi) is 5.20. The maximum absolute atomic E-state index is 12.0. The van der Waals surface area contributed by atoms with Gasteiger partial charge in [-0.2, -0.15) is 0 Å². The summed E-state index contributed by atoms with van der Waals surface area (Å²) < 4.78 is 24.0. The molecule has 5 nitrogen and oxygen atoms in total. The van der Waals surface area contributed by atoms with Gasteiger partial charge in [0.05, 0.1) is 32.4 Å². The standard InChI is InChI=1S/C11H12Cl2O5S/c1-6(14)2-3-19(17,18)10-4-7(11(15)16)8(12)5-9(10)13/h4-6,14H,2-3H2,1H3,(H,15,16). The predicted molar refractivity (Wildman–Crippen MR) is 71.8 cm³/mol. The second kappa shape index (κ2) is 6.09. The van der Waals surface area contributed by atoms with E-state index in [2.05, 4.69) is 0 Å². The number of carboxylic acid groups (broad SMARTS) is 1. The molecule has 1 aromatic rings. The van der Waals surface area contributed by atoms with Crippen molar-refractivity contribution < 1.29 is 23.4 Å². The quantitative estimate of drug-likeness (QED) is 0.865. The van der Waals surface area contributed by atoms with Crippen molar-refractivity contribution in [1.29, 1.82) is 0 Å². The molecule has 1 unspecified atom stereocenters. The van der Waals surface area contributed by atoms with E-state index in [-0.39, 0.29) is 32.7 Å². The molecule has 1 atom stereocenters. The molecule has 19 heavy (non-hydrogen) atoms. The van der Waals surface area contributed by atoms with Crippen LogP contribution in [0, 0.1) is 0 Å². The van der Waals surface area contributed by atoms with E-state index in [9.17, 15) is 13.2 Å². The number of hydrogen-bond acceptors (Lipinski definition) is 4. The number of rotatable bonds is 5. The third-order valence-corrected chi connectivity index (χ3v) is 4.91. The first-order valence-corrected chi connectivity index (χ1v) is 7.69. The molecule has 2 N–H and O–H groups in total. The van der Waals surface area contributed by atoms with E-state index in [1.165, 1.54) is 6.92 Å². The summed E-state index contributed by atoms with van der Waals surface area (Å²) in [6, 6.07) is 2.02. The highest BCUT2D eigenvalue weighted by molar-refractivity contribution is 7.91. The third-order valence-electron chi connectivity index (χ3n) is 2.39. The lowest BCUT2D eigenvalue weighted by molar-refractivity contribution is 0.0697. The van der Waals surface area contributed by atoms with Gasteiger partial charge in [0.2, 0.25) is 0 Å². The molecule has 0 radical (unpaired) electrons. The molecule has 0 aliphatic rings. The van der Waals surface area contributed by atoms with Crippen LogP contribution in [0.25, 0.3) is 0 Å². The van der Waals surface area contributed by atoms with Gasteiger partial charge in [-0.05, 0) is 25.5 Å². The van der Waals surface area contributed by atoms with E-state index in [1.54, 1.807) is 0 Å². The number of carbonyl (C=O) groups is 1. The van der Waals surface area contributed by atoms with Crippen LogP contribution >= 0.6 is 23.2 Å². The van der Waals surface area contributed by atoms with Crippen molar-refractivity contribution in [2.24, 2.45) is 0 Å². The van der Waals surface area contributed by atoms with Crippen LogP contribution in [0.3, 0.4) is 0 Å². The average Bonchev–Trinajstić information content (AvgIpc) is 2.25. The van der Waals surface area contributed by atoms with E-state index in [0.29, 0.717) is 0 Å². The van der Waals surface area contributed by atoms with E-state index in [4.69, 9.17) is 33.4 Å². The number of aliphatic hydroxyl groups is 1. The summed E-state index contributed by atoms with van der Waals surface area (Å²) in [7, 11) is -3.77. The molecule has 0 aliphatic heterocycles. The zero-order valence-electron chi connectivity index (χ0n) is 9.93. The van der Waals surface area contributed by atoms with Crippen molar-refractivity contribution >= 4 is 39.0 Å². The minimum absolute atomic E-state index is 0.0314. The number of sulfone groups is 1. The fraction of sp³-hybridized carbons (Fsp3) is 0.364. The third kappa shape index (κ3) is 4.07. The highest BCUT2D eigenvalue weighted by atomic mass is 35.5. The molecule has 0 aromatic heterocycles. The molecule has 0 fully saturated rings. The Morgan fingerprint density at radius 1 is 1.32 bits per heavy atom. The van der Waals surface area contributed by atoms with Gasteiger partial charge in [-0.3, -0.25) is 0 Å². The monoisotopic (exact) mass is 326 g/mol. The molecule has 0 amide bonds. The van der Waals surface area contributed by atoms with Gasteiger partial charge in [0.25, 0.3) is 0 Å². The van der Waals surface area contributed by atoms with Gasteiger partial charge in [0, 0.05) is 0 Å². The van der Waals surface area contributed by atoms with Crippen LogP contribution < -0.4 is 0 Å². The highest BCUT2D eigenvalue weighted by Crippen LogP contribution is 2.29. The second-order valence-corrected chi connectivity index (χ2v) is 6.92. The predicted octanol–water partition coefficient (Wildman–Crippen LogP) is 2.24. The van der Waals surface area contributed by atoms with Gasteiger partial charge >= 0.3 is 5.97 Å². The van der Waals surface area contributed by atoms with Crippen molar-refractivity contribution in [1.82, 2.24) is 0 Å². The second-order valence-electron chi connectivity index (χ2n) is 4.02. The number of aromatic carboxylic acids is 1. The van der Waals surface area contributed by atoms with Crippen LogP contribution in [0.1, 0.15) is 23.7 Å². The number of hydrogen-bond donors (Lipinski definition) is 2. The Balaban J connectivity index is 3.27. The molecule has 106 valence electrons. The summed E-state index contributed by atoms with van der Waals surface area (Å²) in [5.74, 6) is -1.67. The molecule has 0 bridgehead atoms. The van der Waals surface area contributed by atoms with Crippen LogP contribution in [0.2, 0.25) is 10.0 Å². The molecule has 0 saturated carbocycles. The SMILES string of the molecule is CC(O)CCS(=O)(=O)c1cc(C(=O)O)c(Cl)cc1Cl. The van der Waals surface area contributed by atoms with E-state index < -0.39 is 21.9 Å². The Bertz CT molecular complexity index is 595. The summed E-state index contributed by atoms with van der Waals surface area (Å²) in [5.41, 5.74) is -0.332. The molecule has 0 aliphatic carbocycles. The van der Waals surface area contributed by atoms with Crippen LogP contribution in [0.15, 0.2) is 17.0 Å². The first-order chi connectivity index (χ1) is 8.65. The zero-order valence-corrected chi connectivity index (χ0v) is 12.3. The minimum Gasteiger partial charge on any atom is -0.478 e. The maximum Gasteiger partial charge on any atom is 0.337 e. The fourth-order valence-electron chi connectivity index (χ4n) is 1.37. The largest absolute Gasteiger partial charge is 0.478 e. The molecule has 8 heteroatoms. The summed E-state index contributed by atoms with van der Waals surface area (Å²) in [6.45, 7) is 1.46. The number of carboxylic acids is 1. The fourth-order valence-corrected chi connectivity index (χ4v) is 3.71. The Labute approximate surface area is 120 Å². The smallest absolute Gasteiger partial charge is 0.337 e. The van der Waals surface area contributed by atoms with Gasteiger partial charge < -0.3 is 10.2 Å². The van der Waals surface area contributed by atoms with Crippen molar-refractivity contribution in [3.63, 3.8) is 0 Å². The highest BCUT2D eigenvalue weighted by Gasteiger charge is 2.22. The van der Waals surface area contributed by atoms with Crippen molar-refractivity contribution in [2.75, 3.05) is 5.75 Å². The summed E-state index contributed by atoms with van der Waals surface area (Å²) in [5, 5.41) is 17.7. The van der Waals surface area contributed by atoms with Crippen molar-refractivity contribution in [3.05, 3.63) is 27.7 Å². The molecular weight excluding hydrogens is 315 g/mol. The summed E-state index contributed by atoms with van der Waals surface area (Å²) in [6.07, 6.45) is -0.747. The normalized spacial score (nSPS) is 13.3. The van der Waals surface area contributed by atoms with Crippen molar-refractivity contribution in [2.45, 2.75) is 24.3 Å². The van der Waals surface area contributed by atoms with Crippen molar-refractivity contribution in [3.8, 4) is 0 Å². The lowest BCUT2D eigenvalue weighted by Crippen LogP contribution is -2.14. The molecule has 0 spiro atoms. The first-order valence-electron chi connectivity index (χ1n) is 5.28. The number of benzene rings is 1. The Hall–Kier alpha value is -0.820. The molecule has 0 heterocycles. The zero-order chi connectivity index (χ0) is 14.8. The van der Waals surface area contributed by atoms with E-state index in [1.807, 2.05) is 0 Å². The molecule has 1 aromatic carbocycles. The minimum atomic E-state index is -3.77. The van der Waals surface area contributed by atoms with Crippen LogP contribution in [-0.4, -0.2) is 36.5 Å². The van der Waals surface area contributed by atoms with Crippen LogP contribution in [0.5, 0.6) is 0 Å². The van der Waals surface area contributed by atoms with Gasteiger partial charge in [-0.1, -0.05) is 23.2 Å². The van der Waals surface area contributed by atoms with Gasteiger partial charge in [-0.25, -0.2) is 13.2 Å². The Morgan fingerprint density at radius 2 is 1.89 bits per heavy atom. The topological polar surface area (TPSA) is 91.7 Å². The van der Waals surface area contributed by atoms with Crippen LogP contribution in [0.4, 0.5) is 0 Å². The number of aliphatic hydroxyl groups excluding tert-OH is 1. The summed E-state index contributed by atoms with van der Waals surface area (Å²) >= 11 is 11.5. The molecular formula is C11H12Cl2O5S. The van der Waals surface area contributed by atoms with Gasteiger partial charge in [0.15, 0.2) is 9.84 Å². The van der Waals surface area contributed by atoms with E-state index >= 15 is 0 Å². The lowest BCUT2D eigenvalue weighted by Gasteiger charge is -2.10. The molecule has 0 saturated heterocycles. The Morgan fingerprint density at radius 3 is 2.37 bits per heavy atom. The molecule has 1 rings (SSSR count). The average molecular weight is 327 g/mol.